The fourth-order valence-corrected chi connectivity index (χ4v) is 3.36. The molecule has 114 valence electrons. The maximum absolute atomic E-state index is 11.6. The predicted molar refractivity (Wildman–Crippen MR) is 82.2 cm³/mol. The van der Waals surface area contributed by atoms with Crippen molar-refractivity contribution in [1.29, 1.82) is 0 Å². The summed E-state index contributed by atoms with van der Waals surface area (Å²) in [5.74, 6) is -0.178. The molecule has 21 heavy (non-hydrogen) atoms. The van der Waals surface area contributed by atoms with Crippen molar-refractivity contribution in [3.8, 4) is 0 Å². The Morgan fingerprint density at radius 2 is 2.05 bits per heavy atom. The molecule has 0 bridgehead atoms. The summed E-state index contributed by atoms with van der Waals surface area (Å²) in [6.45, 7) is 7.03. The molecule has 0 aromatic carbocycles. The first-order chi connectivity index (χ1) is 10.2. The largest absolute Gasteiger partial charge is 0.478 e. The second-order valence-corrected chi connectivity index (χ2v) is 5.95. The van der Waals surface area contributed by atoms with E-state index in [0.717, 1.165) is 69.7 Å². The third-order valence-corrected chi connectivity index (χ3v) is 4.47. The van der Waals surface area contributed by atoms with Gasteiger partial charge in [-0.25, -0.2) is 9.78 Å². The smallest absolute Gasteiger partial charge is 0.339 e. The van der Waals surface area contributed by atoms with Gasteiger partial charge in [-0.1, -0.05) is 6.92 Å². The van der Waals surface area contributed by atoms with Crippen LogP contribution in [0.15, 0.2) is 6.07 Å². The Bertz CT molecular complexity index is 537. The van der Waals surface area contributed by atoms with Crippen LogP contribution in [0, 0.1) is 0 Å². The lowest BCUT2D eigenvalue weighted by Gasteiger charge is -2.36. The van der Waals surface area contributed by atoms with E-state index >= 15 is 0 Å². The van der Waals surface area contributed by atoms with Crippen molar-refractivity contribution in [1.82, 2.24) is 9.88 Å². The molecule has 1 aromatic rings. The highest BCUT2D eigenvalue weighted by molar-refractivity contribution is 5.93. The number of aromatic nitrogens is 1. The van der Waals surface area contributed by atoms with Crippen molar-refractivity contribution >= 4 is 11.8 Å². The summed E-state index contributed by atoms with van der Waals surface area (Å²) < 4.78 is 0. The van der Waals surface area contributed by atoms with Gasteiger partial charge in [0, 0.05) is 31.9 Å². The van der Waals surface area contributed by atoms with Crippen LogP contribution in [0.1, 0.15) is 41.4 Å². The van der Waals surface area contributed by atoms with Gasteiger partial charge >= 0.3 is 5.97 Å². The quantitative estimate of drug-likeness (QED) is 0.916. The molecule has 0 atom stereocenters. The van der Waals surface area contributed by atoms with Gasteiger partial charge in [0.25, 0.3) is 0 Å². The molecule has 3 rings (SSSR count). The number of aryl methyl sites for hydroxylation is 2. The van der Waals surface area contributed by atoms with E-state index in [-0.39, 0.29) is 0 Å². The number of hydrogen-bond donors (Lipinski definition) is 1. The van der Waals surface area contributed by atoms with Crippen molar-refractivity contribution < 1.29 is 9.90 Å². The normalized spacial score (nSPS) is 18.8. The molecule has 1 fully saturated rings. The Morgan fingerprint density at radius 1 is 1.29 bits per heavy atom. The molecule has 1 aliphatic heterocycles. The van der Waals surface area contributed by atoms with E-state index in [9.17, 15) is 9.90 Å². The molecule has 1 saturated heterocycles. The summed E-state index contributed by atoms with van der Waals surface area (Å²) in [4.78, 5) is 20.8. The van der Waals surface area contributed by atoms with Gasteiger partial charge in [-0.15, -0.1) is 0 Å². The molecule has 2 aliphatic rings. The SMILES string of the molecule is CCCN1CCN(c2nc3c(cc2C(=O)O)CCC3)CC1. The highest BCUT2D eigenvalue weighted by atomic mass is 16.4. The first kappa shape index (κ1) is 14.3. The third kappa shape index (κ3) is 2.88. The van der Waals surface area contributed by atoms with Crippen LogP contribution in [0.3, 0.4) is 0 Å². The summed E-state index contributed by atoms with van der Waals surface area (Å²) in [6.07, 6.45) is 4.21. The molecule has 0 unspecified atom stereocenters. The monoisotopic (exact) mass is 289 g/mol. The Morgan fingerprint density at radius 3 is 2.71 bits per heavy atom. The van der Waals surface area contributed by atoms with E-state index in [1.54, 1.807) is 0 Å². The Balaban J connectivity index is 1.83. The van der Waals surface area contributed by atoms with Gasteiger partial charge in [0.15, 0.2) is 0 Å². The number of carbonyl (C=O) groups is 1. The highest BCUT2D eigenvalue weighted by Gasteiger charge is 2.25. The van der Waals surface area contributed by atoms with Crippen LogP contribution in [0.4, 0.5) is 5.82 Å². The standard InChI is InChI=1S/C16H23N3O2/c1-2-6-18-7-9-19(10-8-18)15-13(16(20)21)11-12-4-3-5-14(12)17-15/h11H,2-10H2,1H3,(H,20,21). The Kier molecular flexibility index (Phi) is 4.10. The minimum Gasteiger partial charge on any atom is -0.478 e. The first-order valence-corrected chi connectivity index (χ1v) is 7.92. The van der Waals surface area contributed by atoms with Crippen LogP contribution in [0.25, 0.3) is 0 Å². The third-order valence-electron chi connectivity index (χ3n) is 4.47. The second-order valence-electron chi connectivity index (χ2n) is 5.95. The number of anilines is 1. The zero-order chi connectivity index (χ0) is 14.8. The van der Waals surface area contributed by atoms with Crippen LogP contribution >= 0.6 is 0 Å². The minimum absolute atomic E-state index is 0.375. The zero-order valence-corrected chi connectivity index (χ0v) is 12.6. The lowest BCUT2D eigenvalue weighted by Crippen LogP contribution is -2.47. The maximum Gasteiger partial charge on any atom is 0.339 e. The molecule has 5 nitrogen and oxygen atoms in total. The number of carboxylic acids is 1. The first-order valence-electron chi connectivity index (χ1n) is 7.92. The van der Waals surface area contributed by atoms with Gasteiger partial charge in [0.05, 0.1) is 0 Å². The summed E-state index contributed by atoms with van der Waals surface area (Å²) in [7, 11) is 0. The topological polar surface area (TPSA) is 56.7 Å². The summed E-state index contributed by atoms with van der Waals surface area (Å²) in [5, 5.41) is 9.49. The summed E-state index contributed by atoms with van der Waals surface area (Å²) >= 11 is 0. The number of pyridine rings is 1. The van der Waals surface area contributed by atoms with E-state index in [0.29, 0.717) is 11.4 Å². The van der Waals surface area contributed by atoms with Crippen molar-refractivity contribution in [3.05, 3.63) is 22.9 Å². The van der Waals surface area contributed by atoms with E-state index in [4.69, 9.17) is 4.98 Å². The van der Waals surface area contributed by atoms with Gasteiger partial charge in [-0.2, -0.15) is 0 Å². The maximum atomic E-state index is 11.6. The lowest BCUT2D eigenvalue weighted by atomic mass is 10.1. The van der Waals surface area contributed by atoms with E-state index in [2.05, 4.69) is 16.7 Å². The molecule has 0 radical (unpaired) electrons. The average molecular weight is 289 g/mol. The van der Waals surface area contributed by atoms with Gasteiger partial charge in [-0.05, 0) is 43.9 Å². The number of nitrogens with zero attached hydrogens (tertiary/aromatic N) is 3. The Hall–Kier alpha value is -1.62. The van der Waals surface area contributed by atoms with Crippen LogP contribution in [0.2, 0.25) is 0 Å². The number of fused-ring (bicyclic) bond motifs is 1. The molecule has 0 saturated carbocycles. The molecule has 0 spiro atoms. The predicted octanol–water partition coefficient (Wildman–Crippen LogP) is 1.80. The molecule has 1 aliphatic carbocycles. The number of carboxylic acid groups (broad SMARTS) is 1. The summed E-state index contributed by atoms with van der Waals surface area (Å²) in [6, 6.07) is 1.85. The average Bonchev–Trinajstić information content (AvgIpc) is 2.94. The van der Waals surface area contributed by atoms with Crippen molar-refractivity contribution in [2.24, 2.45) is 0 Å². The molecule has 1 N–H and O–H groups in total. The molecule has 2 heterocycles. The van der Waals surface area contributed by atoms with Gasteiger partial charge in [0.2, 0.25) is 0 Å². The minimum atomic E-state index is -0.858. The number of piperazine rings is 1. The summed E-state index contributed by atoms with van der Waals surface area (Å²) in [5.41, 5.74) is 2.60. The van der Waals surface area contributed by atoms with Crippen molar-refractivity contribution in [3.63, 3.8) is 0 Å². The van der Waals surface area contributed by atoms with Crippen LogP contribution in [-0.2, 0) is 12.8 Å². The van der Waals surface area contributed by atoms with E-state index < -0.39 is 5.97 Å². The molecular weight excluding hydrogens is 266 g/mol. The van der Waals surface area contributed by atoms with Crippen molar-refractivity contribution in [2.75, 3.05) is 37.6 Å². The Labute approximate surface area is 125 Å². The van der Waals surface area contributed by atoms with Crippen LogP contribution < -0.4 is 4.90 Å². The lowest BCUT2D eigenvalue weighted by molar-refractivity contribution is 0.0697. The van der Waals surface area contributed by atoms with Gasteiger partial charge in [-0.3, -0.25) is 4.90 Å². The van der Waals surface area contributed by atoms with Gasteiger partial charge in [0.1, 0.15) is 11.4 Å². The number of rotatable bonds is 4. The molecular formula is C16H23N3O2. The van der Waals surface area contributed by atoms with Crippen LogP contribution in [-0.4, -0.2) is 53.7 Å². The zero-order valence-electron chi connectivity index (χ0n) is 12.6. The molecule has 1 aromatic heterocycles. The molecule has 5 heteroatoms. The second kappa shape index (κ2) is 6.02. The number of hydrogen-bond acceptors (Lipinski definition) is 4. The van der Waals surface area contributed by atoms with E-state index in [1.165, 1.54) is 0 Å². The highest BCUT2D eigenvalue weighted by Crippen LogP contribution is 2.28. The molecule has 0 amide bonds. The fraction of sp³-hybridized carbons (Fsp3) is 0.625. The van der Waals surface area contributed by atoms with E-state index in [1.807, 2.05) is 6.07 Å². The van der Waals surface area contributed by atoms with Gasteiger partial charge < -0.3 is 10.0 Å². The fourth-order valence-electron chi connectivity index (χ4n) is 3.36. The van der Waals surface area contributed by atoms with Crippen LogP contribution in [0.5, 0.6) is 0 Å². The van der Waals surface area contributed by atoms with Crippen molar-refractivity contribution in [2.45, 2.75) is 32.6 Å². The number of aromatic carboxylic acids is 1.